The maximum absolute atomic E-state index is 11.2. The van der Waals surface area contributed by atoms with Crippen molar-refractivity contribution in [1.29, 1.82) is 0 Å². The summed E-state index contributed by atoms with van der Waals surface area (Å²) in [6.45, 7) is 3.23. The van der Waals surface area contributed by atoms with Crippen LogP contribution in [0.1, 0.15) is 12.8 Å². The monoisotopic (exact) mass is 332 g/mol. The van der Waals surface area contributed by atoms with Gasteiger partial charge in [0, 0.05) is 17.6 Å². The van der Waals surface area contributed by atoms with Gasteiger partial charge in [-0.2, -0.15) is 0 Å². The summed E-state index contributed by atoms with van der Waals surface area (Å²) in [5, 5.41) is 0.697. The zero-order valence-corrected chi connectivity index (χ0v) is 13.7. The number of hydrogen-bond donors (Lipinski definition) is 1. The molecule has 0 unspecified atom stereocenters. The average Bonchev–Trinajstić information content (AvgIpc) is 2.41. The lowest BCUT2D eigenvalue weighted by molar-refractivity contribution is 0.170. The smallest absolute Gasteiger partial charge is 0.208 e. The van der Waals surface area contributed by atoms with Gasteiger partial charge in [-0.25, -0.2) is 13.1 Å². The zero-order valence-electron chi connectivity index (χ0n) is 12.1. The maximum Gasteiger partial charge on any atom is 0.208 e. The summed E-state index contributed by atoms with van der Waals surface area (Å²) in [7, 11) is -3.10. The molecule has 1 aliphatic heterocycles. The Kier molecular flexibility index (Phi) is 5.87. The summed E-state index contributed by atoms with van der Waals surface area (Å²) in [5.41, 5.74) is 0. The fourth-order valence-electron chi connectivity index (χ4n) is 2.40. The third-order valence-electron chi connectivity index (χ3n) is 3.46. The molecule has 0 spiro atoms. The third-order valence-corrected chi connectivity index (χ3v) is 4.47. The van der Waals surface area contributed by atoms with Gasteiger partial charge in [-0.3, -0.25) is 4.90 Å². The molecule has 1 aromatic rings. The number of halogens is 1. The van der Waals surface area contributed by atoms with Gasteiger partial charge in [-0.1, -0.05) is 11.6 Å². The minimum absolute atomic E-state index is 0.0634. The molecule has 1 fully saturated rings. The Morgan fingerprint density at radius 2 is 1.90 bits per heavy atom. The van der Waals surface area contributed by atoms with Gasteiger partial charge in [-0.15, -0.1) is 0 Å². The van der Waals surface area contributed by atoms with Gasteiger partial charge >= 0.3 is 0 Å². The Morgan fingerprint density at radius 1 is 1.29 bits per heavy atom. The first kappa shape index (κ1) is 16.5. The van der Waals surface area contributed by atoms with Crippen molar-refractivity contribution in [2.45, 2.75) is 18.9 Å². The van der Waals surface area contributed by atoms with Crippen LogP contribution in [-0.4, -0.2) is 51.9 Å². The predicted octanol–water partition coefficient (Wildman–Crippen LogP) is 1.73. The summed E-state index contributed by atoms with van der Waals surface area (Å²) in [6, 6.07) is 7.38. The Bertz CT molecular complexity index is 540. The van der Waals surface area contributed by atoms with Gasteiger partial charge in [0.25, 0.3) is 0 Å². The van der Waals surface area contributed by atoms with Crippen molar-refractivity contribution >= 4 is 21.6 Å². The van der Waals surface area contributed by atoms with Crippen molar-refractivity contribution in [3.05, 3.63) is 29.3 Å². The Hall–Kier alpha value is -0.820. The van der Waals surface area contributed by atoms with E-state index in [-0.39, 0.29) is 6.04 Å². The second-order valence-corrected chi connectivity index (χ2v) is 7.52. The molecule has 1 aliphatic rings. The van der Waals surface area contributed by atoms with Crippen molar-refractivity contribution in [2.75, 3.05) is 32.5 Å². The molecule has 0 saturated carbocycles. The molecule has 118 valence electrons. The molecule has 0 atom stereocenters. The number of likely N-dealkylation sites (tertiary alicyclic amines) is 1. The van der Waals surface area contributed by atoms with Crippen LogP contribution in [0.3, 0.4) is 0 Å². The summed E-state index contributed by atoms with van der Waals surface area (Å²) in [5.74, 6) is 0.813. The molecule has 1 saturated heterocycles. The SMILES string of the molecule is CS(=O)(=O)NC1CCN(CCOc2ccc(Cl)cc2)CC1. The minimum Gasteiger partial charge on any atom is -0.492 e. The standard InChI is InChI=1S/C14H21ClN2O3S/c1-21(18,19)16-13-6-8-17(9-7-13)10-11-20-14-4-2-12(15)3-5-14/h2-5,13,16H,6-11H2,1H3. The van der Waals surface area contributed by atoms with E-state index in [1.807, 2.05) is 12.1 Å². The van der Waals surface area contributed by atoms with E-state index in [0.717, 1.165) is 38.2 Å². The number of piperidine rings is 1. The number of sulfonamides is 1. The van der Waals surface area contributed by atoms with E-state index in [1.54, 1.807) is 12.1 Å². The van der Waals surface area contributed by atoms with Gasteiger partial charge in [0.05, 0.1) is 6.26 Å². The van der Waals surface area contributed by atoms with Crippen LogP contribution in [0, 0.1) is 0 Å². The maximum atomic E-state index is 11.2. The number of benzene rings is 1. The molecular weight excluding hydrogens is 312 g/mol. The minimum atomic E-state index is -3.10. The van der Waals surface area contributed by atoms with Crippen LogP contribution in [-0.2, 0) is 10.0 Å². The third kappa shape index (κ3) is 6.22. The quantitative estimate of drug-likeness (QED) is 0.862. The molecule has 21 heavy (non-hydrogen) atoms. The molecule has 0 aromatic heterocycles. The van der Waals surface area contributed by atoms with Crippen molar-refractivity contribution in [3.63, 3.8) is 0 Å². The molecule has 1 N–H and O–H groups in total. The van der Waals surface area contributed by atoms with Crippen LogP contribution in [0.2, 0.25) is 5.02 Å². The highest BCUT2D eigenvalue weighted by molar-refractivity contribution is 7.88. The van der Waals surface area contributed by atoms with Crippen molar-refractivity contribution in [1.82, 2.24) is 9.62 Å². The van der Waals surface area contributed by atoms with Crippen molar-refractivity contribution in [3.8, 4) is 5.75 Å². The van der Waals surface area contributed by atoms with Crippen molar-refractivity contribution < 1.29 is 13.2 Å². The Labute approximate surface area is 131 Å². The molecule has 5 nitrogen and oxygen atoms in total. The van der Waals surface area contributed by atoms with Gasteiger partial charge in [0.1, 0.15) is 12.4 Å². The Morgan fingerprint density at radius 3 is 2.48 bits per heavy atom. The summed E-state index contributed by atoms with van der Waals surface area (Å²) in [6.07, 6.45) is 2.89. The van der Waals surface area contributed by atoms with Crippen LogP contribution in [0.4, 0.5) is 0 Å². The molecule has 1 heterocycles. The second-order valence-electron chi connectivity index (χ2n) is 5.31. The van der Waals surface area contributed by atoms with E-state index in [2.05, 4.69) is 9.62 Å². The van der Waals surface area contributed by atoms with Crippen molar-refractivity contribution in [2.24, 2.45) is 0 Å². The summed E-state index contributed by atoms with van der Waals surface area (Å²) < 4.78 is 30.7. The number of nitrogens with one attached hydrogen (secondary N) is 1. The molecule has 0 radical (unpaired) electrons. The fraction of sp³-hybridized carbons (Fsp3) is 0.571. The molecule has 0 aliphatic carbocycles. The molecule has 7 heteroatoms. The van der Waals surface area contributed by atoms with Gasteiger partial charge in [0.2, 0.25) is 10.0 Å². The molecule has 0 bridgehead atoms. The lowest BCUT2D eigenvalue weighted by Crippen LogP contribution is -2.45. The lowest BCUT2D eigenvalue weighted by atomic mass is 10.1. The summed E-state index contributed by atoms with van der Waals surface area (Å²) in [4.78, 5) is 2.29. The summed E-state index contributed by atoms with van der Waals surface area (Å²) >= 11 is 5.81. The molecule has 1 aromatic carbocycles. The van der Waals surface area contributed by atoms with Gasteiger partial charge in [0.15, 0.2) is 0 Å². The van der Waals surface area contributed by atoms with E-state index < -0.39 is 10.0 Å². The van der Waals surface area contributed by atoms with Crippen LogP contribution in [0.25, 0.3) is 0 Å². The highest BCUT2D eigenvalue weighted by Crippen LogP contribution is 2.16. The number of nitrogens with zero attached hydrogens (tertiary/aromatic N) is 1. The zero-order chi connectivity index (χ0) is 15.3. The average molecular weight is 333 g/mol. The lowest BCUT2D eigenvalue weighted by Gasteiger charge is -2.31. The molecule has 0 amide bonds. The van der Waals surface area contributed by atoms with Gasteiger partial charge < -0.3 is 4.74 Å². The van der Waals surface area contributed by atoms with E-state index in [9.17, 15) is 8.42 Å². The highest BCUT2D eigenvalue weighted by Gasteiger charge is 2.21. The first-order valence-corrected chi connectivity index (χ1v) is 9.27. The predicted molar refractivity (Wildman–Crippen MR) is 84.4 cm³/mol. The van der Waals surface area contributed by atoms with E-state index in [0.29, 0.717) is 11.6 Å². The number of rotatable bonds is 6. The first-order valence-electron chi connectivity index (χ1n) is 7.00. The van der Waals surface area contributed by atoms with Crippen LogP contribution < -0.4 is 9.46 Å². The van der Waals surface area contributed by atoms with Crippen LogP contribution in [0.5, 0.6) is 5.75 Å². The largest absolute Gasteiger partial charge is 0.492 e. The number of ether oxygens (including phenoxy) is 1. The topological polar surface area (TPSA) is 58.6 Å². The van der Waals surface area contributed by atoms with E-state index in [1.165, 1.54) is 6.26 Å². The normalized spacial score (nSPS) is 17.8. The van der Waals surface area contributed by atoms with E-state index >= 15 is 0 Å². The van der Waals surface area contributed by atoms with Crippen LogP contribution in [0.15, 0.2) is 24.3 Å². The number of hydrogen-bond acceptors (Lipinski definition) is 4. The fourth-order valence-corrected chi connectivity index (χ4v) is 3.37. The second kappa shape index (κ2) is 7.45. The van der Waals surface area contributed by atoms with Gasteiger partial charge in [-0.05, 0) is 50.2 Å². The van der Waals surface area contributed by atoms with Crippen LogP contribution >= 0.6 is 11.6 Å². The highest BCUT2D eigenvalue weighted by atomic mass is 35.5. The molecule has 2 rings (SSSR count). The molecular formula is C14H21ClN2O3S. The Balaban J connectivity index is 1.66. The van der Waals surface area contributed by atoms with E-state index in [4.69, 9.17) is 16.3 Å². The first-order chi connectivity index (χ1) is 9.92.